The molecule has 1 aliphatic heterocycles. The summed E-state index contributed by atoms with van der Waals surface area (Å²) >= 11 is 0. The summed E-state index contributed by atoms with van der Waals surface area (Å²) in [6.45, 7) is 4.33. The molecule has 1 aromatic rings. The molecule has 0 unspecified atom stereocenters. The third kappa shape index (κ3) is 8.23. The zero-order valence-corrected chi connectivity index (χ0v) is 19.1. The fraction of sp³-hybridized carbons (Fsp3) is 0.650. The van der Waals surface area contributed by atoms with Crippen molar-refractivity contribution in [3.63, 3.8) is 0 Å². The van der Waals surface area contributed by atoms with Crippen LogP contribution in [0.4, 0.5) is 0 Å². The van der Waals surface area contributed by atoms with Crippen LogP contribution in [-0.2, 0) is 15.9 Å². The van der Waals surface area contributed by atoms with Crippen LogP contribution < -0.4 is 10.1 Å². The van der Waals surface area contributed by atoms with Gasteiger partial charge in [0.25, 0.3) is 0 Å². The lowest BCUT2D eigenvalue weighted by Gasteiger charge is -2.34. The number of aliphatic imine (C=N–C) groups is 1. The molecule has 0 bridgehead atoms. The molecule has 0 atom stereocenters. The second-order valence-corrected chi connectivity index (χ2v) is 6.44. The van der Waals surface area contributed by atoms with E-state index in [0.717, 1.165) is 70.2 Å². The Kier molecular flexibility index (Phi) is 12.4. The maximum absolute atomic E-state index is 5.93. The highest BCUT2D eigenvalue weighted by atomic mass is 127. The summed E-state index contributed by atoms with van der Waals surface area (Å²) in [7, 11) is 5.29. The van der Waals surface area contributed by atoms with Gasteiger partial charge in [0, 0.05) is 47.0 Å². The molecule has 1 aromatic carbocycles. The fourth-order valence-electron chi connectivity index (χ4n) is 3.24. The largest absolute Gasteiger partial charge is 0.496 e. The molecule has 1 heterocycles. The topological polar surface area (TPSA) is 55.3 Å². The third-order valence-electron chi connectivity index (χ3n) is 4.67. The lowest BCUT2D eigenvalue weighted by molar-refractivity contribution is 0.00992. The number of methoxy groups -OCH3 is 2. The van der Waals surface area contributed by atoms with E-state index in [1.807, 2.05) is 25.2 Å². The molecule has 0 aliphatic carbocycles. The molecule has 2 rings (SSSR count). The molecule has 1 aliphatic rings. The van der Waals surface area contributed by atoms with E-state index in [1.54, 1.807) is 14.2 Å². The number of guanidine groups is 1. The van der Waals surface area contributed by atoms with E-state index in [9.17, 15) is 0 Å². The lowest BCUT2D eigenvalue weighted by atomic mass is 10.1. The number of piperidine rings is 1. The zero-order valence-electron chi connectivity index (χ0n) is 16.8. The van der Waals surface area contributed by atoms with Crippen LogP contribution in [0.1, 0.15) is 24.8 Å². The molecular weight excluding hydrogens is 457 g/mol. The van der Waals surface area contributed by atoms with Gasteiger partial charge in [0.2, 0.25) is 0 Å². The van der Waals surface area contributed by atoms with Crippen LogP contribution in [0.5, 0.6) is 5.75 Å². The van der Waals surface area contributed by atoms with Crippen molar-refractivity contribution >= 4 is 29.9 Å². The van der Waals surface area contributed by atoms with Gasteiger partial charge >= 0.3 is 0 Å². The molecule has 1 saturated heterocycles. The third-order valence-corrected chi connectivity index (χ3v) is 4.67. The van der Waals surface area contributed by atoms with Gasteiger partial charge < -0.3 is 24.4 Å². The van der Waals surface area contributed by atoms with Crippen molar-refractivity contribution in [2.45, 2.75) is 31.8 Å². The Morgan fingerprint density at radius 1 is 1.19 bits per heavy atom. The van der Waals surface area contributed by atoms with Crippen LogP contribution in [0.25, 0.3) is 0 Å². The van der Waals surface area contributed by atoms with Crippen molar-refractivity contribution in [3.8, 4) is 5.75 Å². The van der Waals surface area contributed by atoms with E-state index >= 15 is 0 Å². The van der Waals surface area contributed by atoms with Gasteiger partial charge in [0.1, 0.15) is 5.75 Å². The highest BCUT2D eigenvalue weighted by Gasteiger charge is 2.21. The number of likely N-dealkylation sites (tertiary alicyclic amines) is 1. The lowest BCUT2D eigenvalue weighted by Crippen LogP contribution is -2.47. The van der Waals surface area contributed by atoms with Crippen LogP contribution in [-0.4, -0.2) is 71.1 Å². The van der Waals surface area contributed by atoms with Gasteiger partial charge in [-0.15, -0.1) is 24.0 Å². The molecule has 1 fully saturated rings. The summed E-state index contributed by atoms with van der Waals surface area (Å²) in [4.78, 5) is 6.76. The van der Waals surface area contributed by atoms with Crippen LogP contribution >= 0.6 is 24.0 Å². The normalized spacial score (nSPS) is 15.4. The van der Waals surface area contributed by atoms with E-state index in [4.69, 9.17) is 14.2 Å². The quantitative estimate of drug-likeness (QED) is 0.249. The Hall–Kier alpha value is -1.06. The monoisotopic (exact) mass is 491 g/mol. The number of nitrogens with one attached hydrogen (secondary N) is 1. The molecule has 1 N–H and O–H groups in total. The van der Waals surface area contributed by atoms with E-state index < -0.39 is 0 Å². The summed E-state index contributed by atoms with van der Waals surface area (Å²) < 4.78 is 16.4. The Morgan fingerprint density at radius 3 is 2.59 bits per heavy atom. The van der Waals surface area contributed by atoms with Crippen molar-refractivity contribution in [1.82, 2.24) is 10.2 Å². The van der Waals surface area contributed by atoms with Crippen LogP contribution in [0.15, 0.2) is 29.3 Å². The molecule has 7 heteroatoms. The average molecular weight is 491 g/mol. The second kappa shape index (κ2) is 14.0. The van der Waals surface area contributed by atoms with Crippen molar-refractivity contribution in [1.29, 1.82) is 0 Å². The number of hydrogen-bond donors (Lipinski definition) is 1. The molecule has 0 spiro atoms. The van der Waals surface area contributed by atoms with Crippen LogP contribution in [0.2, 0.25) is 0 Å². The summed E-state index contributed by atoms with van der Waals surface area (Å²) in [5, 5.41) is 3.48. The fourth-order valence-corrected chi connectivity index (χ4v) is 3.24. The SMILES string of the molecule is CN=C(NCCc1ccccc1OC)N1CCC(OCCCOC)CC1.I. The molecular formula is C20H34IN3O3. The highest BCUT2D eigenvalue weighted by molar-refractivity contribution is 14.0. The van der Waals surface area contributed by atoms with E-state index in [0.29, 0.717) is 6.10 Å². The molecule has 0 aromatic heterocycles. The van der Waals surface area contributed by atoms with Gasteiger partial charge in [-0.2, -0.15) is 0 Å². The van der Waals surface area contributed by atoms with E-state index in [-0.39, 0.29) is 24.0 Å². The molecule has 27 heavy (non-hydrogen) atoms. The smallest absolute Gasteiger partial charge is 0.193 e. The van der Waals surface area contributed by atoms with Gasteiger partial charge in [0.05, 0.1) is 13.2 Å². The number of para-hydroxylation sites is 1. The minimum absolute atomic E-state index is 0. The summed E-state index contributed by atoms with van der Waals surface area (Å²) in [5.41, 5.74) is 1.21. The predicted molar refractivity (Wildman–Crippen MR) is 121 cm³/mol. The van der Waals surface area contributed by atoms with Crippen molar-refractivity contribution in [2.24, 2.45) is 4.99 Å². The van der Waals surface area contributed by atoms with Crippen molar-refractivity contribution in [2.75, 3.05) is 54.1 Å². The molecule has 154 valence electrons. The first-order chi connectivity index (χ1) is 12.8. The Bertz CT molecular complexity index is 549. The molecule has 0 saturated carbocycles. The van der Waals surface area contributed by atoms with Crippen LogP contribution in [0, 0.1) is 0 Å². The maximum Gasteiger partial charge on any atom is 0.193 e. The Labute approximate surface area is 180 Å². The first-order valence-electron chi connectivity index (χ1n) is 9.46. The number of halogens is 1. The second-order valence-electron chi connectivity index (χ2n) is 6.44. The number of ether oxygens (including phenoxy) is 3. The van der Waals surface area contributed by atoms with Crippen LogP contribution in [0.3, 0.4) is 0 Å². The minimum Gasteiger partial charge on any atom is -0.496 e. The zero-order chi connectivity index (χ0) is 18.6. The van der Waals surface area contributed by atoms with Gasteiger partial charge in [-0.05, 0) is 37.3 Å². The summed E-state index contributed by atoms with van der Waals surface area (Å²) in [6, 6.07) is 8.15. The summed E-state index contributed by atoms with van der Waals surface area (Å²) in [5.74, 6) is 1.91. The van der Waals surface area contributed by atoms with Crippen molar-refractivity contribution < 1.29 is 14.2 Å². The van der Waals surface area contributed by atoms with Gasteiger partial charge in [-0.25, -0.2) is 0 Å². The predicted octanol–water partition coefficient (Wildman–Crippen LogP) is 2.95. The first-order valence-corrected chi connectivity index (χ1v) is 9.46. The van der Waals surface area contributed by atoms with E-state index in [2.05, 4.69) is 21.3 Å². The Balaban J connectivity index is 0.00000364. The minimum atomic E-state index is 0. The van der Waals surface area contributed by atoms with E-state index in [1.165, 1.54) is 5.56 Å². The summed E-state index contributed by atoms with van der Waals surface area (Å²) in [6.07, 6.45) is 4.31. The standard InChI is InChI=1S/C20H33N3O3.HI/c1-21-20(22-12-9-17-7-4-5-8-19(17)25-3)23-13-10-18(11-14-23)26-16-6-15-24-2;/h4-5,7-8,18H,6,9-16H2,1-3H3,(H,21,22);1H. The molecule has 0 amide bonds. The highest BCUT2D eigenvalue weighted by Crippen LogP contribution is 2.17. The van der Waals surface area contributed by atoms with Crippen molar-refractivity contribution in [3.05, 3.63) is 29.8 Å². The average Bonchev–Trinajstić information content (AvgIpc) is 2.69. The van der Waals surface area contributed by atoms with Gasteiger partial charge in [-0.1, -0.05) is 18.2 Å². The number of benzene rings is 1. The van der Waals surface area contributed by atoms with Gasteiger partial charge in [0.15, 0.2) is 5.96 Å². The first kappa shape index (κ1) is 24.0. The maximum atomic E-state index is 5.93. The molecule has 0 radical (unpaired) electrons. The van der Waals surface area contributed by atoms with Gasteiger partial charge in [-0.3, -0.25) is 4.99 Å². The molecule has 6 nitrogen and oxygen atoms in total. The number of rotatable bonds is 9. The number of nitrogens with zero attached hydrogens (tertiary/aromatic N) is 2. The number of hydrogen-bond acceptors (Lipinski definition) is 4. The Morgan fingerprint density at radius 2 is 1.93 bits per heavy atom.